The van der Waals surface area contributed by atoms with Crippen molar-refractivity contribution in [3.8, 4) is 0 Å². The molecule has 0 unspecified atom stereocenters. The van der Waals surface area contributed by atoms with Crippen LogP contribution in [0.15, 0.2) is 6.20 Å². The fourth-order valence-corrected chi connectivity index (χ4v) is 1.03. The number of urea groups is 1. The van der Waals surface area contributed by atoms with Crippen molar-refractivity contribution < 1.29 is 14.3 Å². The van der Waals surface area contributed by atoms with Crippen LogP contribution >= 0.6 is 0 Å². The number of nitrogens with two attached hydrogens (primary N) is 2. The van der Waals surface area contributed by atoms with Crippen LogP contribution in [0.2, 0.25) is 0 Å². The zero-order valence-electron chi connectivity index (χ0n) is 9.27. The molecule has 17 heavy (non-hydrogen) atoms. The fourth-order valence-electron chi connectivity index (χ4n) is 1.03. The summed E-state index contributed by atoms with van der Waals surface area (Å²) in [7, 11) is 1.65. The Balaban J connectivity index is 2.30. The van der Waals surface area contributed by atoms with Crippen molar-refractivity contribution in [2.24, 2.45) is 12.8 Å². The summed E-state index contributed by atoms with van der Waals surface area (Å²) in [6.45, 7) is 0.153. The van der Waals surface area contributed by atoms with Gasteiger partial charge in [-0.3, -0.25) is 4.68 Å². The molecule has 6 N–H and O–H groups in total. The molecule has 94 valence electrons. The summed E-state index contributed by atoms with van der Waals surface area (Å²) in [6.07, 6.45) is 0.540. The number of amides is 3. The summed E-state index contributed by atoms with van der Waals surface area (Å²) >= 11 is 0. The molecule has 0 fully saturated rings. The predicted octanol–water partition coefficient (Wildman–Crippen LogP) is -0.781. The molecule has 9 nitrogen and oxygen atoms in total. The van der Waals surface area contributed by atoms with Gasteiger partial charge in [0.05, 0.1) is 12.7 Å². The third-order valence-electron chi connectivity index (χ3n) is 1.86. The van der Waals surface area contributed by atoms with Crippen molar-refractivity contribution in [2.45, 2.75) is 0 Å². The third kappa shape index (κ3) is 3.89. The minimum atomic E-state index is -0.885. The van der Waals surface area contributed by atoms with Gasteiger partial charge in [0.2, 0.25) is 0 Å². The smallest absolute Gasteiger partial charge is 0.404 e. The second kappa shape index (κ2) is 5.58. The molecule has 0 atom stereocenters. The molecular weight excluding hydrogens is 228 g/mol. The van der Waals surface area contributed by atoms with Crippen molar-refractivity contribution in [3.05, 3.63) is 6.20 Å². The average Bonchev–Trinajstić information content (AvgIpc) is 2.56. The first-order valence-electron chi connectivity index (χ1n) is 4.75. The van der Waals surface area contributed by atoms with Gasteiger partial charge in [-0.05, 0) is 0 Å². The highest BCUT2D eigenvalue weighted by Crippen LogP contribution is 2.14. The lowest BCUT2D eigenvalue weighted by Crippen LogP contribution is -2.32. The zero-order chi connectivity index (χ0) is 12.8. The molecule has 0 aliphatic rings. The topological polar surface area (TPSA) is 137 Å². The van der Waals surface area contributed by atoms with Crippen LogP contribution < -0.4 is 22.1 Å². The van der Waals surface area contributed by atoms with E-state index in [0.717, 1.165) is 0 Å². The Hall–Kier alpha value is -2.45. The summed E-state index contributed by atoms with van der Waals surface area (Å²) < 4.78 is 5.85. The Morgan fingerprint density at radius 1 is 1.59 bits per heavy atom. The molecule has 0 aliphatic carbocycles. The molecule has 0 saturated heterocycles. The van der Waals surface area contributed by atoms with Crippen molar-refractivity contribution >= 4 is 23.6 Å². The van der Waals surface area contributed by atoms with Crippen LogP contribution in [0.4, 0.5) is 21.1 Å². The van der Waals surface area contributed by atoms with Gasteiger partial charge in [0.1, 0.15) is 18.1 Å². The molecule has 9 heteroatoms. The lowest BCUT2D eigenvalue weighted by molar-refractivity contribution is 0.157. The van der Waals surface area contributed by atoms with E-state index in [-0.39, 0.29) is 13.2 Å². The zero-order valence-corrected chi connectivity index (χ0v) is 9.27. The molecule has 3 amide bonds. The lowest BCUT2D eigenvalue weighted by atomic mass is 10.5. The van der Waals surface area contributed by atoms with E-state index in [1.807, 2.05) is 0 Å². The van der Waals surface area contributed by atoms with Gasteiger partial charge >= 0.3 is 12.1 Å². The van der Waals surface area contributed by atoms with Crippen LogP contribution in [-0.2, 0) is 11.8 Å². The number of carbonyl (C=O) groups is 2. The molecule has 0 aromatic carbocycles. The van der Waals surface area contributed by atoms with Gasteiger partial charge in [0.25, 0.3) is 0 Å². The fraction of sp³-hybridized carbons (Fsp3) is 0.375. The molecule has 0 radical (unpaired) electrons. The Morgan fingerprint density at radius 3 is 2.82 bits per heavy atom. The number of ether oxygens (including phenoxy) is 1. The number of carbonyl (C=O) groups excluding carboxylic acids is 2. The summed E-state index contributed by atoms with van der Waals surface area (Å²) in [5.74, 6) is 0.341. The highest BCUT2D eigenvalue weighted by molar-refractivity contribution is 5.91. The maximum atomic E-state index is 11.3. The monoisotopic (exact) mass is 242 g/mol. The van der Waals surface area contributed by atoms with Gasteiger partial charge in [-0.15, -0.1) is 0 Å². The standard InChI is InChI=1S/C8H14N6O3/c1-14-6(9)5(4-12-14)13-8(16)11-2-3-17-7(10)15/h4H,2-3,9H2,1H3,(H2,10,15)(H2,11,13,16). The first-order chi connectivity index (χ1) is 8.00. The molecule has 1 aromatic heterocycles. The third-order valence-corrected chi connectivity index (χ3v) is 1.86. The average molecular weight is 242 g/mol. The predicted molar refractivity (Wildman–Crippen MR) is 60.2 cm³/mol. The minimum Gasteiger partial charge on any atom is -0.448 e. The normalized spacial score (nSPS) is 9.71. The molecule has 1 rings (SSSR count). The van der Waals surface area contributed by atoms with E-state index in [9.17, 15) is 9.59 Å². The molecule has 0 spiro atoms. The molecular formula is C8H14N6O3. The van der Waals surface area contributed by atoms with E-state index in [1.165, 1.54) is 10.9 Å². The van der Waals surface area contributed by atoms with E-state index in [2.05, 4.69) is 20.5 Å². The van der Waals surface area contributed by atoms with Crippen molar-refractivity contribution in [1.82, 2.24) is 15.1 Å². The number of aromatic nitrogens is 2. The number of anilines is 2. The van der Waals surface area contributed by atoms with Crippen molar-refractivity contribution in [1.29, 1.82) is 0 Å². The van der Waals surface area contributed by atoms with Gasteiger partial charge in [0.15, 0.2) is 0 Å². The number of primary amides is 1. The second-order valence-electron chi connectivity index (χ2n) is 3.12. The van der Waals surface area contributed by atoms with E-state index in [0.29, 0.717) is 11.5 Å². The minimum absolute atomic E-state index is 0.00523. The first kappa shape index (κ1) is 12.6. The van der Waals surface area contributed by atoms with Crippen LogP contribution in [0.5, 0.6) is 0 Å². The van der Waals surface area contributed by atoms with Gasteiger partial charge in [-0.25, -0.2) is 9.59 Å². The summed E-state index contributed by atoms with van der Waals surface area (Å²) in [4.78, 5) is 21.6. The van der Waals surface area contributed by atoms with Gasteiger partial charge in [-0.2, -0.15) is 5.10 Å². The molecule has 1 aromatic rings. The molecule has 0 aliphatic heterocycles. The number of nitrogens with zero attached hydrogens (tertiary/aromatic N) is 2. The summed E-state index contributed by atoms with van der Waals surface area (Å²) in [5, 5.41) is 8.79. The van der Waals surface area contributed by atoms with Crippen LogP contribution in [-0.4, -0.2) is 35.1 Å². The van der Waals surface area contributed by atoms with Crippen molar-refractivity contribution in [2.75, 3.05) is 24.2 Å². The number of nitrogen functional groups attached to an aromatic ring is 1. The van der Waals surface area contributed by atoms with Gasteiger partial charge < -0.3 is 26.8 Å². The Labute approximate surface area is 97.1 Å². The maximum Gasteiger partial charge on any atom is 0.404 e. The summed E-state index contributed by atoms with van der Waals surface area (Å²) in [5.41, 5.74) is 10.8. The highest BCUT2D eigenvalue weighted by atomic mass is 16.5. The van der Waals surface area contributed by atoms with E-state index < -0.39 is 12.1 Å². The molecule has 0 saturated carbocycles. The Morgan fingerprint density at radius 2 is 2.29 bits per heavy atom. The molecule has 1 heterocycles. The first-order valence-corrected chi connectivity index (χ1v) is 4.75. The van der Waals surface area contributed by atoms with Gasteiger partial charge in [0, 0.05) is 7.05 Å². The number of hydrogen-bond acceptors (Lipinski definition) is 5. The largest absolute Gasteiger partial charge is 0.448 e. The highest BCUT2D eigenvalue weighted by Gasteiger charge is 2.07. The number of hydrogen-bond donors (Lipinski definition) is 4. The van der Waals surface area contributed by atoms with Crippen LogP contribution in [0.1, 0.15) is 0 Å². The van der Waals surface area contributed by atoms with Crippen LogP contribution in [0, 0.1) is 0 Å². The number of rotatable bonds is 4. The number of aryl methyl sites for hydroxylation is 1. The summed E-state index contributed by atoms with van der Waals surface area (Å²) in [6, 6.07) is -0.474. The van der Waals surface area contributed by atoms with E-state index in [1.54, 1.807) is 7.05 Å². The van der Waals surface area contributed by atoms with Gasteiger partial charge in [-0.1, -0.05) is 0 Å². The van der Waals surface area contributed by atoms with Crippen LogP contribution in [0.3, 0.4) is 0 Å². The SMILES string of the molecule is Cn1ncc(NC(=O)NCCOC(N)=O)c1N. The van der Waals surface area contributed by atoms with E-state index in [4.69, 9.17) is 11.5 Å². The van der Waals surface area contributed by atoms with Crippen LogP contribution in [0.25, 0.3) is 0 Å². The Kier molecular flexibility index (Phi) is 4.14. The lowest BCUT2D eigenvalue weighted by Gasteiger charge is -2.06. The van der Waals surface area contributed by atoms with E-state index >= 15 is 0 Å². The maximum absolute atomic E-state index is 11.3. The number of nitrogens with one attached hydrogen (secondary N) is 2. The second-order valence-corrected chi connectivity index (χ2v) is 3.12. The van der Waals surface area contributed by atoms with Crippen molar-refractivity contribution in [3.63, 3.8) is 0 Å². The quantitative estimate of drug-likeness (QED) is 0.513. The molecule has 0 bridgehead atoms. The Bertz CT molecular complexity index is 415.